The molecule has 29 heavy (non-hydrogen) atoms. The number of carbonyl (C=O) groups excluding carboxylic acids is 2. The van der Waals surface area contributed by atoms with E-state index in [0.717, 1.165) is 19.3 Å². The van der Waals surface area contributed by atoms with Crippen molar-refractivity contribution < 1.29 is 31.9 Å². The van der Waals surface area contributed by atoms with Crippen LogP contribution in [0.25, 0.3) is 0 Å². The van der Waals surface area contributed by atoms with Crippen molar-refractivity contribution in [3.63, 3.8) is 0 Å². The molecule has 0 radical (unpaired) electrons. The summed E-state index contributed by atoms with van der Waals surface area (Å²) in [6.45, 7) is 2.47. The Labute approximate surface area is 169 Å². The molecule has 0 atom stereocenters. The van der Waals surface area contributed by atoms with Gasteiger partial charge in [-0.3, -0.25) is 0 Å². The molecule has 9 heteroatoms. The number of piperidine rings is 1. The number of methoxy groups -OCH3 is 1. The number of esters is 2. The average molecular weight is 421 g/mol. The number of nitrogens with zero attached hydrogens (tertiary/aromatic N) is 1. The van der Waals surface area contributed by atoms with Crippen molar-refractivity contribution in [2.45, 2.75) is 37.7 Å². The summed E-state index contributed by atoms with van der Waals surface area (Å²) in [6.07, 6.45) is 2.68. The lowest BCUT2D eigenvalue weighted by molar-refractivity contribution is 0.0437. The van der Waals surface area contributed by atoms with E-state index >= 15 is 0 Å². The van der Waals surface area contributed by atoms with Crippen LogP contribution in [0.4, 0.5) is 0 Å². The van der Waals surface area contributed by atoms with Gasteiger partial charge in [-0.05, 0) is 49.6 Å². The van der Waals surface area contributed by atoms with Crippen LogP contribution in [0.1, 0.15) is 51.5 Å². The van der Waals surface area contributed by atoms with E-state index in [1.54, 1.807) is 13.0 Å². The van der Waals surface area contributed by atoms with Crippen LogP contribution in [0.15, 0.2) is 39.6 Å². The fraction of sp³-hybridized carbons (Fsp3) is 0.400. The van der Waals surface area contributed by atoms with Gasteiger partial charge in [0.05, 0.1) is 17.6 Å². The summed E-state index contributed by atoms with van der Waals surface area (Å²) in [5.74, 6) is -1.03. The molecule has 0 saturated carbocycles. The molecule has 1 aliphatic heterocycles. The Hall–Kier alpha value is -2.65. The number of sulfonamides is 1. The standard InChI is InChI=1S/C20H23NO7S/c1-14-6-8-16(29(24,25)21-10-4-3-5-11-21)12-17(14)19(22)27-13-15-7-9-18(28-15)20(23)26-2/h6-9,12H,3-5,10-11,13H2,1-2H3. The van der Waals surface area contributed by atoms with Crippen molar-refractivity contribution in [3.8, 4) is 0 Å². The maximum atomic E-state index is 12.9. The largest absolute Gasteiger partial charge is 0.463 e. The van der Waals surface area contributed by atoms with Crippen LogP contribution in [-0.2, 0) is 26.1 Å². The summed E-state index contributed by atoms with van der Waals surface area (Å²) in [7, 11) is -2.42. The number of hydrogen-bond donors (Lipinski definition) is 0. The van der Waals surface area contributed by atoms with Crippen LogP contribution in [0, 0.1) is 6.92 Å². The third-order valence-corrected chi connectivity index (χ3v) is 6.67. The van der Waals surface area contributed by atoms with Gasteiger partial charge in [0.15, 0.2) is 0 Å². The van der Waals surface area contributed by atoms with Gasteiger partial charge in [0.2, 0.25) is 15.8 Å². The van der Waals surface area contributed by atoms with Crippen molar-refractivity contribution in [1.29, 1.82) is 0 Å². The van der Waals surface area contributed by atoms with Gasteiger partial charge in [0.1, 0.15) is 12.4 Å². The van der Waals surface area contributed by atoms with E-state index in [1.807, 2.05) is 0 Å². The van der Waals surface area contributed by atoms with Crippen molar-refractivity contribution in [3.05, 3.63) is 53.0 Å². The lowest BCUT2D eigenvalue weighted by Crippen LogP contribution is -2.35. The molecule has 2 heterocycles. The normalized spacial score (nSPS) is 15.1. The molecule has 0 spiro atoms. The quantitative estimate of drug-likeness (QED) is 0.661. The van der Waals surface area contributed by atoms with Crippen molar-refractivity contribution in [2.24, 2.45) is 0 Å². The molecule has 0 N–H and O–H groups in total. The zero-order chi connectivity index (χ0) is 21.0. The molecule has 2 aromatic rings. The van der Waals surface area contributed by atoms with Gasteiger partial charge < -0.3 is 13.9 Å². The Bertz CT molecular complexity index is 1000. The first-order chi connectivity index (χ1) is 13.8. The van der Waals surface area contributed by atoms with Crippen LogP contribution < -0.4 is 0 Å². The highest BCUT2D eigenvalue weighted by Gasteiger charge is 2.27. The van der Waals surface area contributed by atoms with Gasteiger partial charge in [0.25, 0.3) is 0 Å². The molecule has 3 rings (SSSR count). The van der Waals surface area contributed by atoms with Gasteiger partial charge in [-0.15, -0.1) is 0 Å². The van der Waals surface area contributed by atoms with Crippen molar-refractivity contribution in [1.82, 2.24) is 4.31 Å². The fourth-order valence-electron chi connectivity index (χ4n) is 3.12. The second-order valence-electron chi connectivity index (χ2n) is 6.78. The number of furan rings is 1. The zero-order valence-corrected chi connectivity index (χ0v) is 17.2. The third kappa shape index (κ3) is 4.68. The summed E-state index contributed by atoms with van der Waals surface area (Å²) >= 11 is 0. The summed E-state index contributed by atoms with van der Waals surface area (Å²) in [6, 6.07) is 7.38. The predicted molar refractivity (Wildman–Crippen MR) is 103 cm³/mol. The Morgan fingerprint density at radius 2 is 1.79 bits per heavy atom. The number of aryl methyl sites for hydroxylation is 1. The molecule has 0 amide bonds. The van der Waals surface area contributed by atoms with E-state index < -0.39 is 22.0 Å². The molecule has 1 aromatic heterocycles. The van der Waals surface area contributed by atoms with E-state index in [1.165, 1.54) is 35.7 Å². The smallest absolute Gasteiger partial charge is 0.373 e. The van der Waals surface area contributed by atoms with Gasteiger partial charge in [0, 0.05) is 13.1 Å². The lowest BCUT2D eigenvalue weighted by atomic mass is 10.1. The monoisotopic (exact) mass is 421 g/mol. The van der Waals surface area contributed by atoms with Gasteiger partial charge >= 0.3 is 11.9 Å². The first kappa shape index (κ1) is 21.1. The molecule has 0 bridgehead atoms. The van der Waals surface area contributed by atoms with Crippen molar-refractivity contribution >= 4 is 22.0 Å². The lowest BCUT2D eigenvalue weighted by Gasteiger charge is -2.26. The second kappa shape index (κ2) is 8.79. The van der Waals surface area contributed by atoms with Crippen LogP contribution in [0.2, 0.25) is 0 Å². The highest BCUT2D eigenvalue weighted by Crippen LogP contribution is 2.23. The summed E-state index contributed by atoms with van der Waals surface area (Å²) in [5.41, 5.74) is 0.769. The minimum atomic E-state index is -3.66. The highest BCUT2D eigenvalue weighted by atomic mass is 32.2. The molecule has 1 aliphatic rings. The number of hydrogen-bond acceptors (Lipinski definition) is 7. The summed E-state index contributed by atoms with van der Waals surface area (Å²) < 4.78 is 42.2. The third-order valence-electron chi connectivity index (χ3n) is 4.78. The molecule has 156 valence electrons. The van der Waals surface area contributed by atoms with E-state index in [9.17, 15) is 18.0 Å². The second-order valence-corrected chi connectivity index (χ2v) is 8.71. The van der Waals surface area contributed by atoms with Gasteiger partial charge in [-0.1, -0.05) is 12.5 Å². The SMILES string of the molecule is COC(=O)c1ccc(COC(=O)c2cc(S(=O)(=O)N3CCCCC3)ccc2C)o1. The highest BCUT2D eigenvalue weighted by molar-refractivity contribution is 7.89. The zero-order valence-electron chi connectivity index (χ0n) is 16.3. The minimum absolute atomic E-state index is 0.00403. The first-order valence-electron chi connectivity index (χ1n) is 9.28. The fourth-order valence-corrected chi connectivity index (χ4v) is 4.66. The average Bonchev–Trinajstić information content (AvgIpc) is 3.21. The Morgan fingerprint density at radius 3 is 2.48 bits per heavy atom. The molecule has 1 saturated heterocycles. The van der Waals surface area contributed by atoms with Gasteiger partial charge in [-0.25, -0.2) is 18.0 Å². The number of benzene rings is 1. The molecular weight excluding hydrogens is 398 g/mol. The maximum Gasteiger partial charge on any atom is 0.373 e. The van der Waals surface area contributed by atoms with Crippen LogP contribution >= 0.6 is 0 Å². The van der Waals surface area contributed by atoms with E-state index in [0.29, 0.717) is 18.7 Å². The first-order valence-corrected chi connectivity index (χ1v) is 10.7. The van der Waals surface area contributed by atoms with Crippen LogP contribution in [0.5, 0.6) is 0 Å². The molecule has 1 aromatic carbocycles. The van der Waals surface area contributed by atoms with E-state index in [-0.39, 0.29) is 28.6 Å². The topological polar surface area (TPSA) is 103 Å². The molecule has 1 fully saturated rings. The Balaban J connectivity index is 1.74. The number of ether oxygens (including phenoxy) is 2. The van der Waals surface area contributed by atoms with Gasteiger partial charge in [-0.2, -0.15) is 4.31 Å². The van der Waals surface area contributed by atoms with E-state index in [4.69, 9.17) is 9.15 Å². The maximum absolute atomic E-state index is 12.9. The number of carbonyl (C=O) groups is 2. The Morgan fingerprint density at radius 1 is 1.07 bits per heavy atom. The minimum Gasteiger partial charge on any atom is -0.463 e. The molecule has 0 aliphatic carbocycles. The predicted octanol–water partition coefficient (Wildman–Crippen LogP) is 2.91. The van der Waals surface area contributed by atoms with Crippen LogP contribution in [0.3, 0.4) is 0 Å². The summed E-state index contributed by atoms with van der Waals surface area (Å²) in [4.78, 5) is 24.0. The van der Waals surface area contributed by atoms with E-state index in [2.05, 4.69) is 4.74 Å². The number of rotatable bonds is 6. The molecular formula is C20H23NO7S. The Kier molecular flexibility index (Phi) is 6.39. The summed E-state index contributed by atoms with van der Waals surface area (Å²) in [5, 5.41) is 0. The molecule has 8 nitrogen and oxygen atoms in total. The molecule has 0 unspecified atom stereocenters. The van der Waals surface area contributed by atoms with Crippen molar-refractivity contribution in [2.75, 3.05) is 20.2 Å². The van der Waals surface area contributed by atoms with Crippen LogP contribution in [-0.4, -0.2) is 44.9 Å².